The monoisotopic (exact) mass is 277 g/mol. The van der Waals surface area contributed by atoms with E-state index in [1.54, 1.807) is 12.1 Å². The number of hydrogen-bond donors (Lipinski definition) is 1. The van der Waals surface area contributed by atoms with E-state index < -0.39 is 0 Å². The number of benzene rings is 1. The zero-order valence-electron chi connectivity index (χ0n) is 12.0. The van der Waals surface area contributed by atoms with Crippen LogP contribution < -0.4 is 5.73 Å². The molecule has 0 aliphatic heterocycles. The highest BCUT2D eigenvalue weighted by atomic mass is 16.5. The summed E-state index contributed by atoms with van der Waals surface area (Å²) in [6, 6.07) is 7.46. The zero-order valence-corrected chi connectivity index (χ0v) is 12.0. The molecule has 1 aliphatic carbocycles. The first-order valence-electron chi connectivity index (χ1n) is 7.25. The van der Waals surface area contributed by atoms with Gasteiger partial charge in [-0.25, -0.2) is 4.79 Å². The second kappa shape index (κ2) is 7.41. The highest BCUT2D eigenvalue weighted by Crippen LogP contribution is 2.20. The molecule has 1 aromatic rings. The number of carbonyl (C=O) groups excluding carboxylic acids is 1. The third kappa shape index (κ3) is 4.05. The first-order chi connectivity index (χ1) is 9.70. The molecule has 2 N–H and O–H groups in total. The van der Waals surface area contributed by atoms with Crippen LogP contribution in [0.5, 0.6) is 0 Å². The van der Waals surface area contributed by atoms with Gasteiger partial charge in [0.15, 0.2) is 0 Å². The van der Waals surface area contributed by atoms with E-state index in [1.165, 1.54) is 26.4 Å². The van der Waals surface area contributed by atoms with Gasteiger partial charge in [-0.1, -0.05) is 31.4 Å². The third-order valence-corrected chi connectivity index (χ3v) is 3.84. The van der Waals surface area contributed by atoms with Crippen LogP contribution in [0.1, 0.15) is 48.0 Å². The Morgan fingerprint density at radius 2 is 1.90 bits per heavy atom. The topological polar surface area (TPSA) is 61.5 Å². The molecule has 2 atom stereocenters. The summed E-state index contributed by atoms with van der Waals surface area (Å²) in [4.78, 5) is 11.3. The maximum Gasteiger partial charge on any atom is 0.337 e. The van der Waals surface area contributed by atoms with Crippen LogP contribution in [0.3, 0.4) is 0 Å². The van der Waals surface area contributed by atoms with Crippen LogP contribution in [-0.2, 0) is 16.1 Å². The van der Waals surface area contributed by atoms with Crippen LogP contribution in [0.2, 0.25) is 0 Å². The molecule has 4 heteroatoms. The van der Waals surface area contributed by atoms with Crippen molar-refractivity contribution in [1.82, 2.24) is 0 Å². The Bertz CT molecular complexity index is 430. The van der Waals surface area contributed by atoms with Gasteiger partial charge in [-0.15, -0.1) is 0 Å². The lowest BCUT2D eigenvalue weighted by Crippen LogP contribution is -2.35. The lowest BCUT2D eigenvalue weighted by Gasteiger charge is -2.21. The molecule has 0 bridgehead atoms. The number of esters is 1. The third-order valence-electron chi connectivity index (χ3n) is 3.84. The second-order valence-corrected chi connectivity index (χ2v) is 5.34. The summed E-state index contributed by atoms with van der Waals surface area (Å²) in [6.07, 6.45) is 5.89. The number of ether oxygens (including phenoxy) is 2. The molecule has 2 rings (SSSR count). The van der Waals surface area contributed by atoms with Gasteiger partial charge >= 0.3 is 5.97 Å². The fourth-order valence-electron chi connectivity index (χ4n) is 2.57. The predicted molar refractivity (Wildman–Crippen MR) is 77.4 cm³/mol. The highest BCUT2D eigenvalue weighted by Gasteiger charge is 2.20. The van der Waals surface area contributed by atoms with Crippen molar-refractivity contribution in [3.05, 3.63) is 35.4 Å². The van der Waals surface area contributed by atoms with Gasteiger partial charge in [0.25, 0.3) is 0 Å². The molecular weight excluding hydrogens is 254 g/mol. The van der Waals surface area contributed by atoms with E-state index in [0.29, 0.717) is 12.2 Å². The summed E-state index contributed by atoms with van der Waals surface area (Å²) in [7, 11) is 1.38. The molecule has 1 saturated carbocycles. The minimum atomic E-state index is -0.316. The summed E-state index contributed by atoms with van der Waals surface area (Å²) in [6.45, 7) is 0.541. The van der Waals surface area contributed by atoms with E-state index in [4.69, 9.17) is 10.5 Å². The van der Waals surface area contributed by atoms with Crippen LogP contribution in [-0.4, -0.2) is 25.2 Å². The molecule has 0 heterocycles. The molecule has 20 heavy (non-hydrogen) atoms. The summed E-state index contributed by atoms with van der Waals surface area (Å²) < 4.78 is 10.6. The first kappa shape index (κ1) is 15.0. The van der Waals surface area contributed by atoms with Gasteiger partial charge in [0, 0.05) is 6.04 Å². The molecule has 0 saturated heterocycles. The summed E-state index contributed by atoms with van der Waals surface area (Å²) >= 11 is 0. The average molecular weight is 277 g/mol. The SMILES string of the molecule is COC(=O)c1ccc(COC2CCCCCC2N)cc1. The van der Waals surface area contributed by atoms with E-state index in [9.17, 15) is 4.79 Å². The summed E-state index contributed by atoms with van der Waals surface area (Å²) in [5.41, 5.74) is 7.75. The number of methoxy groups -OCH3 is 1. The Hall–Kier alpha value is -1.39. The smallest absolute Gasteiger partial charge is 0.337 e. The molecule has 0 radical (unpaired) electrons. The van der Waals surface area contributed by atoms with E-state index in [2.05, 4.69) is 4.74 Å². The van der Waals surface area contributed by atoms with Crippen molar-refractivity contribution >= 4 is 5.97 Å². The first-order valence-corrected chi connectivity index (χ1v) is 7.25. The van der Waals surface area contributed by atoms with Crippen LogP contribution >= 0.6 is 0 Å². The number of carbonyl (C=O) groups is 1. The minimum Gasteiger partial charge on any atom is -0.465 e. The zero-order chi connectivity index (χ0) is 14.4. The molecule has 1 aliphatic rings. The number of nitrogens with two attached hydrogens (primary N) is 1. The average Bonchev–Trinajstić information content (AvgIpc) is 2.69. The van der Waals surface area contributed by atoms with Crippen molar-refractivity contribution in [3.8, 4) is 0 Å². The Balaban J connectivity index is 1.88. The number of hydrogen-bond acceptors (Lipinski definition) is 4. The normalized spacial score (nSPS) is 23.1. The van der Waals surface area contributed by atoms with E-state index in [0.717, 1.165) is 18.4 Å². The molecule has 1 aromatic carbocycles. The van der Waals surface area contributed by atoms with Gasteiger partial charge < -0.3 is 15.2 Å². The van der Waals surface area contributed by atoms with Crippen molar-refractivity contribution in [2.45, 2.75) is 50.9 Å². The molecule has 0 aromatic heterocycles. The molecule has 110 valence electrons. The molecule has 0 spiro atoms. The standard InChI is InChI=1S/C16H23NO3/c1-19-16(18)13-9-7-12(8-10-13)11-20-15-6-4-2-3-5-14(15)17/h7-10,14-15H,2-6,11,17H2,1H3. The van der Waals surface area contributed by atoms with Crippen LogP contribution in [0.25, 0.3) is 0 Å². The van der Waals surface area contributed by atoms with Gasteiger partial charge in [-0.05, 0) is 30.5 Å². The van der Waals surface area contributed by atoms with Gasteiger partial charge in [0.2, 0.25) is 0 Å². The molecule has 0 amide bonds. The van der Waals surface area contributed by atoms with Crippen molar-refractivity contribution in [1.29, 1.82) is 0 Å². The van der Waals surface area contributed by atoms with Crippen molar-refractivity contribution in [2.75, 3.05) is 7.11 Å². The Kier molecular flexibility index (Phi) is 5.56. The highest BCUT2D eigenvalue weighted by molar-refractivity contribution is 5.89. The Morgan fingerprint density at radius 3 is 2.60 bits per heavy atom. The fourth-order valence-corrected chi connectivity index (χ4v) is 2.57. The lowest BCUT2D eigenvalue weighted by molar-refractivity contribution is 0.0194. The van der Waals surface area contributed by atoms with Crippen molar-refractivity contribution in [3.63, 3.8) is 0 Å². The summed E-state index contributed by atoms with van der Waals surface area (Å²) in [5.74, 6) is -0.316. The van der Waals surface area contributed by atoms with E-state index in [-0.39, 0.29) is 18.1 Å². The second-order valence-electron chi connectivity index (χ2n) is 5.34. The molecular formula is C16H23NO3. The van der Waals surface area contributed by atoms with Gasteiger partial charge in [0.05, 0.1) is 25.4 Å². The quantitative estimate of drug-likeness (QED) is 0.679. The summed E-state index contributed by atoms with van der Waals surface area (Å²) in [5, 5.41) is 0. The lowest BCUT2D eigenvalue weighted by atomic mass is 10.1. The van der Waals surface area contributed by atoms with Crippen LogP contribution in [0.4, 0.5) is 0 Å². The Morgan fingerprint density at radius 1 is 1.20 bits per heavy atom. The van der Waals surface area contributed by atoms with Crippen molar-refractivity contribution < 1.29 is 14.3 Å². The maximum absolute atomic E-state index is 11.3. The molecule has 2 unspecified atom stereocenters. The Labute approximate surface area is 120 Å². The van der Waals surface area contributed by atoms with Crippen LogP contribution in [0.15, 0.2) is 24.3 Å². The van der Waals surface area contributed by atoms with Gasteiger partial charge in [0.1, 0.15) is 0 Å². The predicted octanol–water partition coefficient (Wildman–Crippen LogP) is 2.65. The maximum atomic E-state index is 11.3. The fraction of sp³-hybridized carbons (Fsp3) is 0.562. The van der Waals surface area contributed by atoms with E-state index >= 15 is 0 Å². The number of rotatable bonds is 4. The van der Waals surface area contributed by atoms with Crippen molar-refractivity contribution in [2.24, 2.45) is 5.73 Å². The van der Waals surface area contributed by atoms with E-state index in [1.807, 2.05) is 12.1 Å². The molecule has 1 fully saturated rings. The largest absolute Gasteiger partial charge is 0.465 e. The van der Waals surface area contributed by atoms with Gasteiger partial charge in [-0.2, -0.15) is 0 Å². The molecule has 4 nitrogen and oxygen atoms in total. The minimum absolute atomic E-state index is 0.145. The van der Waals surface area contributed by atoms with Crippen LogP contribution in [0, 0.1) is 0 Å². The van der Waals surface area contributed by atoms with Gasteiger partial charge in [-0.3, -0.25) is 0 Å².